The van der Waals surface area contributed by atoms with E-state index >= 15 is 0 Å². The number of esters is 1. The molecule has 7 heteroatoms. The molecule has 1 amide bonds. The molecule has 0 radical (unpaired) electrons. The zero-order chi connectivity index (χ0) is 20.0. The summed E-state index contributed by atoms with van der Waals surface area (Å²) in [5, 5.41) is 3.18. The van der Waals surface area contributed by atoms with E-state index in [0.717, 1.165) is 57.8 Å². The first kappa shape index (κ1) is 19.9. The van der Waals surface area contributed by atoms with Crippen molar-refractivity contribution < 1.29 is 27.8 Å². The molecule has 0 aliphatic heterocycles. The molecule has 0 aromatic carbocycles. The normalized spacial score (nSPS) is 38.3. The molecule has 5 aliphatic carbocycles. The van der Waals surface area contributed by atoms with E-state index in [9.17, 15) is 18.4 Å². The van der Waals surface area contributed by atoms with Crippen molar-refractivity contribution in [3.63, 3.8) is 0 Å². The van der Waals surface area contributed by atoms with Crippen LogP contribution in [0.2, 0.25) is 0 Å². The third kappa shape index (κ3) is 3.99. The number of carbonyl (C=O) groups excluding carboxylic acids is 2. The van der Waals surface area contributed by atoms with Crippen LogP contribution in [0.15, 0.2) is 0 Å². The first-order valence-electron chi connectivity index (χ1n) is 10.7. The maximum absolute atomic E-state index is 12.7. The van der Waals surface area contributed by atoms with E-state index in [1.54, 1.807) is 0 Å². The first-order valence-corrected chi connectivity index (χ1v) is 10.7. The quantitative estimate of drug-likeness (QED) is 0.687. The SMILES string of the molecule is CC1(OC(=O)NC23CC4CC(CC(COC(=O)C(F)F)(C4)C2)C3)CCCCC1. The van der Waals surface area contributed by atoms with Crippen LogP contribution in [0.3, 0.4) is 0 Å². The van der Waals surface area contributed by atoms with Crippen molar-refractivity contribution in [1.82, 2.24) is 5.32 Å². The molecule has 2 atom stereocenters. The minimum Gasteiger partial charge on any atom is -0.461 e. The monoisotopic (exact) mass is 399 g/mol. The summed E-state index contributed by atoms with van der Waals surface area (Å²) in [4.78, 5) is 24.0. The number of nitrogens with one attached hydrogen (secondary N) is 1. The van der Waals surface area contributed by atoms with Crippen LogP contribution in [0.1, 0.15) is 77.6 Å². The topological polar surface area (TPSA) is 64.6 Å². The molecule has 5 fully saturated rings. The molecule has 28 heavy (non-hydrogen) atoms. The van der Waals surface area contributed by atoms with Crippen LogP contribution in [0.25, 0.3) is 0 Å². The average molecular weight is 399 g/mol. The average Bonchev–Trinajstić information content (AvgIpc) is 2.57. The Morgan fingerprint density at radius 3 is 2.32 bits per heavy atom. The molecular formula is C21H31F2NO4. The summed E-state index contributed by atoms with van der Waals surface area (Å²) in [5.74, 6) is -0.559. The van der Waals surface area contributed by atoms with Crippen LogP contribution in [-0.2, 0) is 14.3 Å². The minimum atomic E-state index is -3.09. The molecular weight excluding hydrogens is 368 g/mol. The molecule has 5 saturated carbocycles. The lowest BCUT2D eigenvalue weighted by Gasteiger charge is -2.61. The van der Waals surface area contributed by atoms with Crippen LogP contribution in [0.5, 0.6) is 0 Å². The van der Waals surface area contributed by atoms with Gasteiger partial charge in [0.1, 0.15) is 5.60 Å². The highest BCUT2D eigenvalue weighted by Crippen LogP contribution is 2.61. The summed E-state index contributed by atoms with van der Waals surface area (Å²) in [7, 11) is 0. The van der Waals surface area contributed by atoms with Gasteiger partial charge in [-0.1, -0.05) is 6.42 Å². The van der Waals surface area contributed by atoms with Crippen molar-refractivity contribution in [3.8, 4) is 0 Å². The molecule has 5 rings (SSSR count). The highest BCUT2D eigenvalue weighted by molar-refractivity contribution is 5.72. The fraction of sp³-hybridized carbons (Fsp3) is 0.905. The molecule has 4 bridgehead atoms. The van der Waals surface area contributed by atoms with Gasteiger partial charge in [0.2, 0.25) is 0 Å². The van der Waals surface area contributed by atoms with Crippen LogP contribution in [-0.4, -0.2) is 36.2 Å². The Hall–Kier alpha value is -1.40. The number of hydrogen-bond donors (Lipinski definition) is 1. The summed E-state index contributed by atoms with van der Waals surface area (Å²) in [6.45, 7) is 2.04. The Morgan fingerprint density at radius 1 is 1.07 bits per heavy atom. The number of carbonyl (C=O) groups is 2. The number of hydrogen-bond acceptors (Lipinski definition) is 4. The van der Waals surface area contributed by atoms with Crippen molar-refractivity contribution in [2.75, 3.05) is 6.61 Å². The maximum atomic E-state index is 12.7. The van der Waals surface area contributed by atoms with Gasteiger partial charge in [-0.2, -0.15) is 8.78 Å². The van der Waals surface area contributed by atoms with Crippen molar-refractivity contribution in [1.29, 1.82) is 0 Å². The van der Waals surface area contributed by atoms with E-state index in [1.807, 2.05) is 6.92 Å². The summed E-state index contributed by atoms with van der Waals surface area (Å²) in [6.07, 6.45) is 7.06. The third-order valence-corrected chi connectivity index (χ3v) is 7.50. The number of halogens is 2. The lowest BCUT2D eigenvalue weighted by molar-refractivity contribution is -0.169. The molecule has 5 aliphatic rings. The standard InChI is InChI=1S/C21H31F2NO4/c1-19(5-3-2-4-6-19)28-18(26)24-21-10-14-7-15(11-21)9-20(8-14,12-21)13-27-17(25)16(22)23/h14-16H,2-13H2,1H3,(H,24,26). The first-order chi connectivity index (χ1) is 13.2. The second-order valence-corrected chi connectivity index (χ2v) is 10.2. The molecule has 158 valence electrons. The zero-order valence-electron chi connectivity index (χ0n) is 16.6. The van der Waals surface area contributed by atoms with Gasteiger partial charge in [-0.25, -0.2) is 9.59 Å². The van der Waals surface area contributed by atoms with Crippen LogP contribution in [0.4, 0.5) is 13.6 Å². The maximum Gasteiger partial charge on any atom is 0.408 e. The second-order valence-electron chi connectivity index (χ2n) is 10.2. The highest BCUT2D eigenvalue weighted by atomic mass is 19.3. The van der Waals surface area contributed by atoms with E-state index < -0.39 is 18.0 Å². The predicted molar refractivity (Wildman–Crippen MR) is 97.9 cm³/mol. The van der Waals surface area contributed by atoms with Gasteiger partial charge in [-0.05, 0) is 83.0 Å². The van der Waals surface area contributed by atoms with Gasteiger partial charge in [0, 0.05) is 11.0 Å². The van der Waals surface area contributed by atoms with Crippen molar-refractivity contribution in [2.45, 2.75) is 95.1 Å². The zero-order valence-corrected chi connectivity index (χ0v) is 16.6. The summed E-state index contributed by atoms with van der Waals surface area (Å²) >= 11 is 0. The highest BCUT2D eigenvalue weighted by Gasteiger charge is 2.59. The molecule has 0 aromatic rings. The number of alkyl carbamates (subject to hydrolysis) is 1. The molecule has 5 nitrogen and oxygen atoms in total. The molecule has 0 saturated heterocycles. The predicted octanol–water partition coefficient (Wildman–Crippen LogP) is 4.58. The molecule has 2 unspecified atom stereocenters. The summed E-state index contributed by atoms with van der Waals surface area (Å²) < 4.78 is 35.9. The van der Waals surface area contributed by atoms with E-state index in [0.29, 0.717) is 18.3 Å². The molecule has 1 N–H and O–H groups in total. The van der Waals surface area contributed by atoms with Crippen LogP contribution >= 0.6 is 0 Å². The smallest absolute Gasteiger partial charge is 0.408 e. The van der Waals surface area contributed by atoms with Crippen LogP contribution in [0, 0.1) is 17.3 Å². The minimum absolute atomic E-state index is 0.0271. The number of ether oxygens (including phenoxy) is 2. The van der Waals surface area contributed by atoms with E-state index in [4.69, 9.17) is 9.47 Å². The Morgan fingerprint density at radius 2 is 1.71 bits per heavy atom. The lowest BCUT2D eigenvalue weighted by Crippen LogP contribution is -2.64. The van der Waals surface area contributed by atoms with Crippen LogP contribution < -0.4 is 5.32 Å². The number of amides is 1. The molecule has 0 spiro atoms. The Balaban J connectivity index is 1.42. The fourth-order valence-corrected chi connectivity index (χ4v) is 6.92. The van der Waals surface area contributed by atoms with Crippen molar-refractivity contribution >= 4 is 12.1 Å². The summed E-state index contributed by atoms with van der Waals surface area (Å²) in [5.41, 5.74) is -1.05. The van der Waals surface area contributed by atoms with Crippen molar-refractivity contribution in [3.05, 3.63) is 0 Å². The van der Waals surface area contributed by atoms with Gasteiger partial charge in [-0.3, -0.25) is 0 Å². The van der Waals surface area contributed by atoms with Gasteiger partial charge in [-0.15, -0.1) is 0 Å². The Kier molecular flexibility index (Phi) is 5.07. The number of rotatable bonds is 5. The van der Waals surface area contributed by atoms with Gasteiger partial charge in [0.15, 0.2) is 0 Å². The Labute approximate surface area is 164 Å². The fourth-order valence-electron chi connectivity index (χ4n) is 6.92. The van der Waals surface area contributed by atoms with Gasteiger partial charge in [0.05, 0.1) is 6.61 Å². The summed E-state index contributed by atoms with van der Waals surface area (Å²) in [6, 6.07) is 0. The largest absolute Gasteiger partial charge is 0.461 e. The molecule has 0 aromatic heterocycles. The third-order valence-electron chi connectivity index (χ3n) is 7.50. The van der Waals surface area contributed by atoms with E-state index in [1.165, 1.54) is 6.42 Å². The van der Waals surface area contributed by atoms with E-state index in [-0.39, 0.29) is 23.7 Å². The Bertz CT molecular complexity index is 618. The lowest BCUT2D eigenvalue weighted by atomic mass is 9.47. The van der Waals surface area contributed by atoms with Gasteiger partial charge >= 0.3 is 18.5 Å². The number of alkyl halides is 2. The van der Waals surface area contributed by atoms with Crippen molar-refractivity contribution in [2.24, 2.45) is 17.3 Å². The van der Waals surface area contributed by atoms with Gasteiger partial charge < -0.3 is 14.8 Å². The van der Waals surface area contributed by atoms with E-state index in [2.05, 4.69) is 5.32 Å². The second kappa shape index (κ2) is 7.13. The van der Waals surface area contributed by atoms with Gasteiger partial charge in [0.25, 0.3) is 0 Å². The molecule has 0 heterocycles.